The van der Waals surface area contributed by atoms with E-state index in [0.29, 0.717) is 6.54 Å². The van der Waals surface area contributed by atoms with Crippen LogP contribution in [0.15, 0.2) is 67.4 Å². The summed E-state index contributed by atoms with van der Waals surface area (Å²) in [5, 5.41) is 13.0. The van der Waals surface area contributed by atoms with Crippen LogP contribution in [0.4, 0.5) is 5.69 Å². The van der Waals surface area contributed by atoms with Crippen LogP contribution in [0, 0.1) is 0 Å². The number of para-hydroxylation sites is 1. The zero-order valence-electron chi connectivity index (χ0n) is 11.7. The van der Waals surface area contributed by atoms with Crippen molar-refractivity contribution in [2.45, 2.75) is 6.10 Å². The number of benzene rings is 2. The van der Waals surface area contributed by atoms with E-state index in [4.69, 9.17) is 9.47 Å². The van der Waals surface area contributed by atoms with Gasteiger partial charge in [-0.15, -0.1) is 0 Å². The molecule has 0 aliphatic rings. The molecule has 4 heteroatoms. The number of aliphatic hydroxyl groups is 1. The third kappa shape index (κ3) is 5.20. The van der Waals surface area contributed by atoms with Crippen molar-refractivity contribution in [2.75, 3.05) is 18.5 Å². The quantitative estimate of drug-likeness (QED) is 0.732. The molecule has 1 atom stereocenters. The molecule has 0 fully saturated rings. The lowest BCUT2D eigenvalue weighted by Crippen LogP contribution is -2.26. The van der Waals surface area contributed by atoms with Crippen molar-refractivity contribution < 1.29 is 14.6 Å². The van der Waals surface area contributed by atoms with Gasteiger partial charge >= 0.3 is 0 Å². The Balaban J connectivity index is 1.73. The number of anilines is 1. The van der Waals surface area contributed by atoms with Crippen LogP contribution in [0.5, 0.6) is 11.5 Å². The van der Waals surface area contributed by atoms with E-state index >= 15 is 0 Å². The first-order chi connectivity index (χ1) is 10.3. The molecular weight excluding hydrogens is 266 g/mol. The molecule has 2 rings (SSSR count). The predicted molar refractivity (Wildman–Crippen MR) is 83.7 cm³/mol. The van der Waals surface area contributed by atoms with Crippen molar-refractivity contribution in [3.8, 4) is 11.5 Å². The van der Waals surface area contributed by atoms with Crippen molar-refractivity contribution in [3.05, 3.63) is 67.4 Å². The molecule has 0 bridgehead atoms. The van der Waals surface area contributed by atoms with E-state index in [9.17, 15) is 5.11 Å². The van der Waals surface area contributed by atoms with Crippen molar-refractivity contribution in [3.63, 3.8) is 0 Å². The molecule has 2 N–H and O–H groups in total. The average Bonchev–Trinajstić information content (AvgIpc) is 2.53. The Hall–Kier alpha value is -2.46. The number of ether oxygens (including phenoxy) is 2. The topological polar surface area (TPSA) is 50.7 Å². The van der Waals surface area contributed by atoms with Crippen LogP contribution < -0.4 is 14.8 Å². The van der Waals surface area contributed by atoms with E-state index in [2.05, 4.69) is 11.9 Å². The molecule has 0 spiro atoms. The molecule has 0 aliphatic heterocycles. The maximum atomic E-state index is 9.89. The lowest BCUT2D eigenvalue weighted by molar-refractivity contribution is 0.117. The number of hydrogen-bond donors (Lipinski definition) is 2. The Morgan fingerprint density at radius 1 is 1.05 bits per heavy atom. The second-order valence-electron chi connectivity index (χ2n) is 4.47. The highest BCUT2D eigenvalue weighted by molar-refractivity contribution is 5.46. The molecule has 0 heterocycles. The number of aliphatic hydroxyl groups excluding tert-OH is 1. The Morgan fingerprint density at radius 3 is 2.43 bits per heavy atom. The Kier molecular flexibility index (Phi) is 5.67. The summed E-state index contributed by atoms with van der Waals surface area (Å²) in [6, 6.07) is 16.8. The largest absolute Gasteiger partial charge is 0.491 e. The zero-order chi connectivity index (χ0) is 14.9. The number of nitrogens with one attached hydrogen (secondary N) is 1. The van der Waals surface area contributed by atoms with Gasteiger partial charge in [0.25, 0.3) is 0 Å². The maximum Gasteiger partial charge on any atom is 0.126 e. The first-order valence-corrected chi connectivity index (χ1v) is 6.75. The van der Waals surface area contributed by atoms with Gasteiger partial charge < -0.3 is 19.9 Å². The van der Waals surface area contributed by atoms with Gasteiger partial charge in [0.1, 0.15) is 24.2 Å². The minimum absolute atomic E-state index is 0.245. The minimum atomic E-state index is -0.589. The molecule has 1 unspecified atom stereocenters. The molecular formula is C17H19NO3. The van der Waals surface area contributed by atoms with E-state index in [0.717, 1.165) is 17.2 Å². The van der Waals surface area contributed by atoms with E-state index in [1.807, 2.05) is 54.6 Å². The van der Waals surface area contributed by atoms with E-state index in [1.165, 1.54) is 6.26 Å². The van der Waals surface area contributed by atoms with Gasteiger partial charge in [-0.2, -0.15) is 0 Å². The highest BCUT2D eigenvalue weighted by Crippen LogP contribution is 2.15. The van der Waals surface area contributed by atoms with E-state index < -0.39 is 6.10 Å². The van der Waals surface area contributed by atoms with Crippen molar-refractivity contribution in [2.24, 2.45) is 0 Å². The van der Waals surface area contributed by atoms with Gasteiger partial charge in [0.2, 0.25) is 0 Å². The first kappa shape index (κ1) is 14.9. The molecule has 110 valence electrons. The third-order valence-corrected chi connectivity index (χ3v) is 2.80. The van der Waals surface area contributed by atoms with Gasteiger partial charge in [0.05, 0.1) is 6.26 Å². The van der Waals surface area contributed by atoms with Crippen LogP contribution in [-0.4, -0.2) is 24.4 Å². The van der Waals surface area contributed by atoms with Crippen LogP contribution in [0.3, 0.4) is 0 Å². The molecule has 4 nitrogen and oxygen atoms in total. The molecule has 0 aliphatic carbocycles. The Morgan fingerprint density at radius 2 is 1.76 bits per heavy atom. The average molecular weight is 285 g/mol. The molecule has 2 aromatic carbocycles. The second-order valence-corrected chi connectivity index (χ2v) is 4.47. The third-order valence-electron chi connectivity index (χ3n) is 2.80. The fraction of sp³-hybridized carbons (Fsp3) is 0.176. The van der Waals surface area contributed by atoms with Gasteiger partial charge in [-0.1, -0.05) is 24.8 Å². The smallest absolute Gasteiger partial charge is 0.126 e. The summed E-state index contributed by atoms with van der Waals surface area (Å²) in [5.41, 5.74) is 0.908. The van der Waals surface area contributed by atoms with Crippen molar-refractivity contribution >= 4 is 5.69 Å². The predicted octanol–water partition coefficient (Wildman–Crippen LogP) is 3.06. The summed E-state index contributed by atoms with van der Waals surface area (Å²) in [5.74, 6) is 1.48. The molecule has 0 aromatic heterocycles. The molecule has 0 saturated carbocycles. The summed E-state index contributed by atoms with van der Waals surface area (Å²) >= 11 is 0. The van der Waals surface area contributed by atoms with Crippen LogP contribution in [-0.2, 0) is 0 Å². The molecule has 0 radical (unpaired) electrons. The zero-order valence-corrected chi connectivity index (χ0v) is 11.7. The lowest BCUT2D eigenvalue weighted by atomic mass is 10.3. The van der Waals surface area contributed by atoms with Crippen molar-refractivity contribution in [1.82, 2.24) is 0 Å². The molecule has 21 heavy (non-hydrogen) atoms. The fourth-order valence-electron chi connectivity index (χ4n) is 1.75. The fourth-order valence-corrected chi connectivity index (χ4v) is 1.75. The summed E-state index contributed by atoms with van der Waals surface area (Å²) in [6.07, 6.45) is 0.793. The summed E-state index contributed by atoms with van der Waals surface area (Å²) < 4.78 is 10.6. The first-order valence-electron chi connectivity index (χ1n) is 6.75. The normalized spacial score (nSPS) is 11.5. The summed E-state index contributed by atoms with van der Waals surface area (Å²) in [7, 11) is 0. The van der Waals surface area contributed by atoms with Crippen LogP contribution in [0.2, 0.25) is 0 Å². The molecule has 2 aromatic rings. The van der Waals surface area contributed by atoms with Gasteiger partial charge in [0.15, 0.2) is 0 Å². The molecule has 0 amide bonds. The SMILES string of the molecule is C=COc1ccc(NCC(O)COc2ccccc2)cc1. The van der Waals surface area contributed by atoms with Crippen LogP contribution >= 0.6 is 0 Å². The Bertz CT molecular complexity index is 540. The van der Waals surface area contributed by atoms with Gasteiger partial charge in [-0.25, -0.2) is 0 Å². The lowest BCUT2D eigenvalue weighted by Gasteiger charge is -2.14. The molecule has 0 saturated heterocycles. The maximum absolute atomic E-state index is 9.89. The van der Waals surface area contributed by atoms with Crippen molar-refractivity contribution in [1.29, 1.82) is 0 Å². The van der Waals surface area contributed by atoms with Crippen LogP contribution in [0.25, 0.3) is 0 Å². The number of rotatable bonds is 8. The van der Waals surface area contributed by atoms with E-state index in [-0.39, 0.29) is 6.61 Å². The van der Waals surface area contributed by atoms with E-state index in [1.54, 1.807) is 0 Å². The summed E-state index contributed by atoms with van der Waals surface area (Å²) in [6.45, 7) is 4.15. The number of hydrogen-bond acceptors (Lipinski definition) is 4. The minimum Gasteiger partial charge on any atom is -0.491 e. The highest BCUT2D eigenvalue weighted by Gasteiger charge is 2.05. The van der Waals surface area contributed by atoms with Gasteiger partial charge in [0, 0.05) is 12.2 Å². The van der Waals surface area contributed by atoms with Crippen LogP contribution in [0.1, 0.15) is 0 Å². The second kappa shape index (κ2) is 7.97. The van der Waals surface area contributed by atoms with Gasteiger partial charge in [-0.05, 0) is 36.4 Å². The summed E-state index contributed by atoms with van der Waals surface area (Å²) in [4.78, 5) is 0. The standard InChI is InChI=1S/C17H19NO3/c1-2-20-17-10-8-14(9-11-17)18-12-15(19)13-21-16-6-4-3-5-7-16/h2-11,15,18-19H,1,12-13H2. The van der Waals surface area contributed by atoms with Gasteiger partial charge in [-0.3, -0.25) is 0 Å². The monoisotopic (exact) mass is 285 g/mol. The highest BCUT2D eigenvalue weighted by atomic mass is 16.5. The Labute approximate surface area is 124 Å².